The normalized spacial score (nSPS) is 10.6. The minimum absolute atomic E-state index is 0.0983. The van der Waals surface area contributed by atoms with Gasteiger partial charge in [0, 0.05) is 23.4 Å². The fourth-order valence-corrected chi connectivity index (χ4v) is 3.34. The predicted molar refractivity (Wildman–Crippen MR) is 97.7 cm³/mol. The van der Waals surface area contributed by atoms with E-state index in [1.54, 1.807) is 6.07 Å². The highest BCUT2D eigenvalue weighted by atomic mass is 16.6. The van der Waals surface area contributed by atoms with Gasteiger partial charge in [0.05, 0.1) is 20.6 Å². The maximum absolute atomic E-state index is 12.6. The van der Waals surface area contributed by atoms with Crippen LogP contribution in [0.25, 0.3) is 12.7 Å². The summed E-state index contributed by atoms with van der Waals surface area (Å²) in [5.41, 5.74) is -3.41. The molecule has 30 heavy (non-hydrogen) atoms. The quantitative estimate of drug-likeness (QED) is 0.264. The monoisotopic (exact) mass is 404 g/mol. The molecule has 0 heterocycles. The summed E-state index contributed by atoms with van der Waals surface area (Å²) in [5, 5.41) is 42.0. The number of carbonyl (C=O) groups is 2. The summed E-state index contributed by atoms with van der Waals surface area (Å²) in [5.74, 6) is -2.56. The first-order valence-corrected chi connectivity index (χ1v) is 8.03. The number of ether oxygens (including phenoxy) is 1. The van der Waals surface area contributed by atoms with E-state index in [-0.39, 0.29) is 26.4 Å². The Morgan fingerprint density at radius 3 is 2.20 bits per heavy atom. The lowest BCUT2D eigenvalue weighted by molar-refractivity contribution is -0.386. The Morgan fingerprint density at radius 1 is 1.07 bits per heavy atom. The Hall–Kier alpha value is -4.90. The lowest BCUT2D eigenvalue weighted by Crippen LogP contribution is -2.21. The second-order valence-electron chi connectivity index (χ2n) is 6.10. The van der Waals surface area contributed by atoms with Gasteiger partial charge in [0.15, 0.2) is 0 Å². The van der Waals surface area contributed by atoms with Gasteiger partial charge >= 0.3 is 17.6 Å². The van der Waals surface area contributed by atoms with Crippen molar-refractivity contribution in [2.45, 2.75) is 6.92 Å². The molecule has 0 amide bonds. The molecular weight excluding hydrogens is 396 g/mol. The molecule has 2 aromatic rings. The molecule has 0 N–H and O–H groups in total. The number of nitro benzene ring substituents is 2. The van der Waals surface area contributed by atoms with Gasteiger partial charge in [-0.15, -0.1) is 0 Å². The summed E-state index contributed by atoms with van der Waals surface area (Å²) >= 11 is 0. The molecule has 0 aromatic heterocycles. The van der Waals surface area contributed by atoms with Gasteiger partial charge in [0.2, 0.25) is 0 Å². The minimum atomic E-state index is -1.47. The number of hydrogen-bond donors (Lipinski definition) is 0. The summed E-state index contributed by atoms with van der Waals surface area (Å²) in [6.07, 6.45) is 1.29. The van der Waals surface area contributed by atoms with Crippen LogP contribution in [-0.2, 0) is 9.53 Å². The van der Waals surface area contributed by atoms with E-state index in [1.807, 2.05) is 0 Å². The molecule has 146 valence electrons. The Kier molecular flexibility index (Phi) is 4.58. The molecule has 11 nitrogen and oxygen atoms in total. The lowest BCUT2D eigenvalue weighted by Gasteiger charge is -2.06. The van der Waals surface area contributed by atoms with E-state index in [1.165, 1.54) is 18.2 Å². The number of non-ortho nitro benzene ring substituents is 1. The molecule has 0 radical (unpaired) electrons. The predicted octanol–water partition coefficient (Wildman–Crippen LogP) is 0.789. The molecule has 0 fully saturated rings. The molecule has 2 aromatic carbocycles. The Morgan fingerprint density at radius 2 is 1.70 bits per heavy atom. The van der Waals surface area contributed by atoms with Gasteiger partial charge in [-0.25, -0.2) is 4.79 Å². The van der Waals surface area contributed by atoms with Crippen molar-refractivity contribution in [3.05, 3.63) is 75.5 Å². The number of nitriles is 2. The van der Waals surface area contributed by atoms with Crippen LogP contribution in [0, 0.1) is 53.3 Å². The Labute approximate surface area is 165 Å². The van der Waals surface area contributed by atoms with Crippen molar-refractivity contribution in [3.63, 3.8) is 0 Å². The van der Waals surface area contributed by atoms with Crippen molar-refractivity contribution in [3.8, 4) is 12.1 Å². The number of carbonyl (C=O) groups excluding carboxylic acids is 2. The average Bonchev–Trinajstić information content (AvgIpc) is 3.02. The third-order valence-corrected chi connectivity index (χ3v) is 4.31. The van der Waals surface area contributed by atoms with E-state index in [4.69, 9.17) is 0 Å². The first kappa shape index (κ1) is 19.9. The van der Waals surface area contributed by atoms with E-state index in [0.717, 1.165) is 13.0 Å². The van der Waals surface area contributed by atoms with Gasteiger partial charge < -0.3 is 4.74 Å². The maximum Gasteiger partial charge on any atom is 0.353 e. The first-order valence-electron chi connectivity index (χ1n) is 8.03. The highest BCUT2D eigenvalue weighted by Crippen LogP contribution is 2.30. The van der Waals surface area contributed by atoms with Gasteiger partial charge in [-0.1, -0.05) is 6.58 Å². The Bertz CT molecular complexity index is 1510. The highest BCUT2D eigenvalue weighted by molar-refractivity contribution is 6.01. The van der Waals surface area contributed by atoms with Crippen molar-refractivity contribution < 1.29 is 24.2 Å². The van der Waals surface area contributed by atoms with Crippen LogP contribution in [0.1, 0.15) is 34.0 Å². The van der Waals surface area contributed by atoms with E-state index in [2.05, 4.69) is 11.3 Å². The topological polar surface area (TPSA) is 177 Å². The highest BCUT2D eigenvalue weighted by Gasteiger charge is 2.35. The third kappa shape index (κ3) is 2.83. The molecule has 0 saturated carbocycles. The minimum Gasteiger partial charge on any atom is -0.389 e. The third-order valence-electron chi connectivity index (χ3n) is 4.31. The van der Waals surface area contributed by atoms with E-state index >= 15 is 0 Å². The molecular formula is C19H8N4O7. The van der Waals surface area contributed by atoms with Crippen LogP contribution in [0.3, 0.4) is 0 Å². The Balaban J connectivity index is 2.82. The second kappa shape index (κ2) is 6.92. The zero-order valence-corrected chi connectivity index (χ0v) is 15.1. The van der Waals surface area contributed by atoms with Crippen LogP contribution in [-0.4, -0.2) is 21.8 Å². The molecule has 0 atom stereocenters. The number of rotatable bonds is 3. The van der Waals surface area contributed by atoms with Crippen molar-refractivity contribution >= 4 is 36.0 Å². The van der Waals surface area contributed by atoms with Crippen molar-refractivity contribution in [2.75, 3.05) is 0 Å². The average molecular weight is 404 g/mol. The van der Waals surface area contributed by atoms with Crippen molar-refractivity contribution in [2.24, 2.45) is 0 Å². The molecule has 0 aliphatic heterocycles. The van der Waals surface area contributed by atoms with Crippen LogP contribution < -0.4 is 10.4 Å². The van der Waals surface area contributed by atoms with E-state index in [0.29, 0.717) is 0 Å². The van der Waals surface area contributed by atoms with Crippen LogP contribution in [0.2, 0.25) is 0 Å². The standard InChI is InChI=1S/C19H8N4O7/c1-8-3-10-5-11-12(6-20)13(7-21)18(23(28)29)17(19(25)30-9(2)24)16(11)15(10)14(4-8)22(26)27/h3-5H,1H2,2H3. The molecule has 1 aliphatic rings. The van der Waals surface area contributed by atoms with E-state index in [9.17, 15) is 40.3 Å². The van der Waals surface area contributed by atoms with Gasteiger partial charge in [0.25, 0.3) is 5.69 Å². The van der Waals surface area contributed by atoms with Crippen LogP contribution in [0.4, 0.5) is 11.4 Å². The lowest BCUT2D eigenvalue weighted by atomic mass is 9.97. The number of fused-ring (bicyclic) bond motifs is 2. The zero-order valence-electron chi connectivity index (χ0n) is 15.1. The number of nitrogens with zero attached hydrogens (tertiary/aromatic N) is 4. The van der Waals surface area contributed by atoms with Crippen molar-refractivity contribution in [1.82, 2.24) is 0 Å². The number of hydrogen-bond acceptors (Lipinski definition) is 9. The van der Waals surface area contributed by atoms with Crippen molar-refractivity contribution in [1.29, 1.82) is 10.5 Å². The number of nitro groups is 2. The van der Waals surface area contributed by atoms with Crippen LogP contribution in [0.5, 0.6) is 0 Å². The fourth-order valence-electron chi connectivity index (χ4n) is 3.34. The van der Waals surface area contributed by atoms with Gasteiger partial charge in [-0.3, -0.25) is 25.0 Å². The first-order chi connectivity index (χ1) is 14.1. The summed E-state index contributed by atoms with van der Waals surface area (Å²) in [6.45, 7) is 4.52. The van der Waals surface area contributed by atoms with E-state index < -0.39 is 49.9 Å². The van der Waals surface area contributed by atoms with Crippen LogP contribution in [0.15, 0.2) is 12.1 Å². The largest absolute Gasteiger partial charge is 0.389 e. The molecule has 3 rings (SSSR count). The maximum atomic E-state index is 12.6. The summed E-state index contributed by atoms with van der Waals surface area (Å²) < 4.78 is 4.49. The van der Waals surface area contributed by atoms with Gasteiger partial charge in [-0.05, 0) is 22.9 Å². The zero-order chi connectivity index (χ0) is 22.3. The molecule has 0 bridgehead atoms. The molecule has 11 heteroatoms. The molecule has 1 aliphatic carbocycles. The van der Waals surface area contributed by atoms with Gasteiger partial charge in [-0.2, -0.15) is 10.5 Å². The number of esters is 2. The van der Waals surface area contributed by atoms with Crippen LogP contribution >= 0.6 is 0 Å². The number of benzene rings is 2. The second-order valence-corrected chi connectivity index (χ2v) is 6.10. The SMILES string of the molecule is C=c1cc2c(c([N+](=O)[O-])c1)=c1c(C(=O)OC(C)=O)c([N+](=O)[O-])c(C#N)c(C#N)c1=C2. The van der Waals surface area contributed by atoms with Gasteiger partial charge in [0.1, 0.15) is 23.3 Å². The summed E-state index contributed by atoms with van der Waals surface area (Å²) in [4.78, 5) is 45.4. The summed E-state index contributed by atoms with van der Waals surface area (Å²) in [7, 11) is 0. The fraction of sp³-hybridized carbons (Fsp3) is 0.0526. The molecule has 0 unspecified atom stereocenters. The summed E-state index contributed by atoms with van der Waals surface area (Å²) in [6, 6.07) is 5.72. The smallest absolute Gasteiger partial charge is 0.353 e. The molecule has 0 saturated heterocycles. The molecule has 0 spiro atoms.